The smallest absolute Gasteiger partial charge is 0.191 e. The highest BCUT2D eigenvalue weighted by atomic mass is 32.1. The van der Waals surface area contributed by atoms with Crippen molar-refractivity contribution in [2.24, 2.45) is 4.99 Å². The molecule has 0 spiro atoms. The lowest BCUT2D eigenvalue weighted by Crippen LogP contribution is -2.39. The van der Waals surface area contributed by atoms with E-state index in [1.807, 2.05) is 6.20 Å². The quantitative estimate of drug-likeness (QED) is 0.635. The molecular weight excluding hydrogens is 300 g/mol. The van der Waals surface area contributed by atoms with Gasteiger partial charge in [0.1, 0.15) is 0 Å². The molecular formula is C15H22N4S2. The molecule has 114 valence electrons. The molecule has 2 N–H and O–H groups in total. The van der Waals surface area contributed by atoms with Gasteiger partial charge in [0.25, 0.3) is 0 Å². The Labute approximate surface area is 134 Å². The summed E-state index contributed by atoms with van der Waals surface area (Å²) >= 11 is 3.50. The van der Waals surface area contributed by atoms with Crippen molar-refractivity contribution in [3.63, 3.8) is 0 Å². The van der Waals surface area contributed by atoms with Crippen molar-refractivity contribution in [1.82, 2.24) is 15.6 Å². The van der Waals surface area contributed by atoms with Gasteiger partial charge >= 0.3 is 0 Å². The number of aromatic nitrogens is 1. The number of hydrogen-bond donors (Lipinski definition) is 2. The normalized spacial score (nSPS) is 13.2. The zero-order chi connectivity index (χ0) is 15.1. The van der Waals surface area contributed by atoms with Crippen molar-refractivity contribution in [1.29, 1.82) is 0 Å². The van der Waals surface area contributed by atoms with Gasteiger partial charge in [-0.25, -0.2) is 4.98 Å². The van der Waals surface area contributed by atoms with Crippen LogP contribution >= 0.6 is 22.7 Å². The highest BCUT2D eigenvalue weighted by Crippen LogP contribution is 2.17. The summed E-state index contributed by atoms with van der Waals surface area (Å²) in [5.41, 5.74) is 1.38. The van der Waals surface area contributed by atoms with Gasteiger partial charge in [-0.15, -0.1) is 11.3 Å². The van der Waals surface area contributed by atoms with Crippen LogP contribution in [0.15, 0.2) is 28.0 Å². The number of hydrogen-bond acceptors (Lipinski definition) is 4. The van der Waals surface area contributed by atoms with Gasteiger partial charge < -0.3 is 10.6 Å². The topological polar surface area (TPSA) is 49.3 Å². The number of nitrogens with zero attached hydrogens (tertiary/aromatic N) is 2. The zero-order valence-electron chi connectivity index (χ0n) is 12.7. The number of aryl methyl sites for hydroxylation is 1. The van der Waals surface area contributed by atoms with Gasteiger partial charge in [-0.1, -0.05) is 6.92 Å². The lowest BCUT2D eigenvalue weighted by Gasteiger charge is -2.15. The number of nitrogens with one attached hydrogen (secondary N) is 2. The van der Waals surface area contributed by atoms with Gasteiger partial charge in [0, 0.05) is 37.6 Å². The second kappa shape index (κ2) is 8.14. The molecule has 0 aliphatic rings. The Morgan fingerprint density at radius 3 is 2.90 bits per heavy atom. The fourth-order valence-electron chi connectivity index (χ4n) is 1.95. The summed E-state index contributed by atoms with van der Waals surface area (Å²) in [7, 11) is 1.80. The van der Waals surface area contributed by atoms with Crippen LogP contribution in [0.2, 0.25) is 0 Å². The van der Waals surface area contributed by atoms with Crippen LogP contribution in [-0.4, -0.2) is 31.1 Å². The number of thiophene rings is 1. The number of aliphatic imine (C=N–C) groups is 1. The molecule has 2 heterocycles. The van der Waals surface area contributed by atoms with E-state index >= 15 is 0 Å². The van der Waals surface area contributed by atoms with Gasteiger partial charge in [0.15, 0.2) is 5.96 Å². The van der Waals surface area contributed by atoms with Crippen LogP contribution in [0, 0.1) is 6.92 Å². The lowest BCUT2D eigenvalue weighted by atomic mass is 10.1. The lowest BCUT2D eigenvalue weighted by molar-refractivity contribution is 0.699. The van der Waals surface area contributed by atoms with E-state index in [0.29, 0.717) is 5.92 Å². The molecule has 4 nitrogen and oxygen atoms in total. The number of guanidine groups is 1. The molecule has 0 saturated heterocycles. The van der Waals surface area contributed by atoms with Crippen molar-refractivity contribution in [2.75, 3.05) is 20.1 Å². The van der Waals surface area contributed by atoms with Crippen LogP contribution in [-0.2, 0) is 6.42 Å². The summed E-state index contributed by atoms with van der Waals surface area (Å²) in [5, 5.41) is 12.2. The van der Waals surface area contributed by atoms with Crippen LogP contribution in [0.1, 0.15) is 28.3 Å². The molecule has 0 saturated carbocycles. The Kier molecular flexibility index (Phi) is 6.20. The molecule has 2 rings (SSSR count). The van der Waals surface area contributed by atoms with E-state index in [-0.39, 0.29) is 0 Å². The predicted molar refractivity (Wildman–Crippen MR) is 92.7 cm³/mol. The number of rotatable bonds is 6. The molecule has 0 aliphatic heterocycles. The molecule has 21 heavy (non-hydrogen) atoms. The van der Waals surface area contributed by atoms with Gasteiger partial charge in [-0.2, -0.15) is 11.3 Å². The third-order valence-corrected chi connectivity index (χ3v) is 4.89. The second-order valence-corrected chi connectivity index (χ2v) is 7.05. The SMILES string of the molecule is CN=C(NCCc1ncc(C)s1)NCC(C)c1ccsc1. The molecule has 1 unspecified atom stereocenters. The minimum Gasteiger partial charge on any atom is -0.356 e. The molecule has 0 fully saturated rings. The second-order valence-electron chi connectivity index (χ2n) is 4.95. The van der Waals surface area contributed by atoms with Gasteiger partial charge in [0.05, 0.1) is 5.01 Å². The minimum absolute atomic E-state index is 0.483. The average Bonchev–Trinajstić information content (AvgIpc) is 3.14. The molecule has 0 aliphatic carbocycles. The van der Waals surface area contributed by atoms with E-state index in [2.05, 4.69) is 51.3 Å². The summed E-state index contributed by atoms with van der Waals surface area (Å²) < 4.78 is 0. The van der Waals surface area contributed by atoms with Crippen LogP contribution in [0.4, 0.5) is 0 Å². The van der Waals surface area contributed by atoms with E-state index in [0.717, 1.165) is 25.5 Å². The zero-order valence-corrected chi connectivity index (χ0v) is 14.4. The van der Waals surface area contributed by atoms with Crippen molar-refractivity contribution in [3.8, 4) is 0 Å². The fraction of sp³-hybridized carbons (Fsp3) is 0.467. The standard InChI is InChI=1S/C15H22N4S2/c1-11(13-5-7-20-10-13)8-19-15(16-3)17-6-4-14-18-9-12(2)21-14/h5,7,9-11H,4,6,8H2,1-3H3,(H2,16,17,19). The first-order chi connectivity index (χ1) is 10.2. The van der Waals surface area contributed by atoms with E-state index in [9.17, 15) is 0 Å². The summed E-state index contributed by atoms with van der Waals surface area (Å²) in [6.07, 6.45) is 2.86. The molecule has 0 radical (unpaired) electrons. The molecule has 0 aromatic carbocycles. The van der Waals surface area contributed by atoms with Crippen molar-refractivity contribution < 1.29 is 0 Å². The maximum Gasteiger partial charge on any atom is 0.191 e. The summed E-state index contributed by atoms with van der Waals surface area (Å²) in [6, 6.07) is 2.18. The molecule has 6 heteroatoms. The van der Waals surface area contributed by atoms with E-state index in [1.165, 1.54) is 15.4 Å². The molecule has 0 amide bonds. The molecule has 1 atom stereocenters. The first-order valence-electron chi connectivity index (χ1n) is 7.07. The summed E-state index contributed by atoms with van der Waals surface area (Å²) in [6.45, 7) is 6.04. The Hall–Kier alpha value is -1.40. The highest BCUT2D eigenvalue weighted by Gasteiger charge is 2.07. The largest absolute Gasteiger partial charge is 0.356 e. The first kappa shape index (κ1) is 16.0. The van der Waals surface area contributed by atoms with Crippen LogP contribution in [0.25, 0.3) is 0 Å². The predicted octanol–water partition coefficient (Wildman–Crippen LogP) is 3.02. The van der Waals surface area contributed by atoms with E-state index in [1.54, 1.807) is 29.7 Å². The Morgan fingerprint density at radius 1 is 1.43 bits per heavy atom. The maximum absolute atomic E-state index is 4.37. The van der Waals surface area contributed by atoms with Gasteiger partial charge in [-0.05, 0) is 35.2 Å². The third-order valence-electron chi connectivity index (χ3n) is 3.21. The minimum atomic E-state index is 0.483. The Bertz CT molecular complexity index is 560. The number of thiazole rings is 1. The Balaban J connectivity index is 1.71. The maximum atomic E-state index is 4.37. The van der Waals surface area contributed by atoms with Crippen molar-refractivity contribution >= 4 is 28.6 Å². The summed E-state index contributed by atoms with van der Waals surface area (Å²) in [4.78, 5) is 9.88. The first-order valence-corrected chi connectivity index (χ1v) is 8.83. The van der Waals surface area contributed by atoms with Crippen molar-refractivity contribution in [2.45, 2.75) is 26.2 Å². The average molecular weight is 323 g/mol. The van der Waals surface area contributed by atoms with Crippen LogP contribution in [0.5, 0.6) is 0 Å². The molecule has 2 aromatic rings. The van der Waals surface area contributed by atoms with Gasteiger partial charge in [0.2, 0.25) is 0 Å². The van der Waals surface area contributed by atoms with Gasteiger partial charge in [-0.3, -0.25) is 4.99 Å². The fourth-order valence-corrected chi connectivity index (χ4v) is 3.52. The van der Waals surface area contributed by atoms with E-state index < -0.39 is 0 Å². The van der Waals surface area contributed by atoms with Crippen molar-refractivity contribution in [3.05, 3.63) is 38.5 Å². The third kappa shape index (κ3) is 5.13. The molecule has 2 aromatic heterocycles. The van der Waals surface area contributed by atoms with Crippen LogP contribution in [0.3, 0.4) is 0 Å². The monoisotopic (exact) mass is 322 g/mol. The molecule has 0 bridgehead atoms. The van der Waals surface area contributed by atoms with Crippen LogP contribution < -0.4 is 10.6 Å². The Morgan fingerprint density at radius 2 is 2.29 bits per heavy atom. The summed E-state index contributed by atoms with van der Waals surface area (Å²) in [5.74, 6) is 1.33. The van der Waals surface area contributed by atoms with E-state index in [4.69, 9.17) is 0 Å². The highest BCUT2D eigenvalue weighted by molar-refractivity contribution is 7.11.